The number of halogens is 1. The van der Waals surface area contributed by atoms with Crippen LogP contribution >= 0.6 is 23.7 Å². The fourth-order valence-corrected chi connectivity index (χ4v) is 2.94. The number of likely N-dealkylation sites (tertiary alicyclic amines) is 1. The lowest BCUT2D eigenvalue weighted by Crippen LogP contribution is -2.28. The molecule has 1 aromatic rings. The van der Waals surface area contributed by atoms with Crippen molar-refractivity contribution in [2.24, 2.45) is 11.7 Å². The summed E-state index contributed by atoms with van der Waals surface area (Å²) in [7, 11) is 0. The molecule has 0 amide bonds. The number of thiophene rings is 1. The van der Waals surface area contributed by atoms with Gasteiger partial charge in [-0.25, -0.2) is 0 Å². The Labute approximate surface area is 102 Å². The quantitative estimate of drug-likeness (QED) is 0.868. The zero-order valence-electron chi connectivity index (χ0n) is 9.27. The molecule has 15 heavy (non-hydrogen) atoms. The molecule has 0 radical (unpaired) electrons. The monoisotopic (exact) mass is 246 g/mol. The molecule has 1 saturated heterocycles. The molecule has 2 nitrogen and oxygen atoms in total. The highest BCUT2D eigenvalue weighted by atomic mass is 35.5. The lowest BCUT2D eigenvalue weighted by molar-refractivity contribution is 0.321. The molecule has 0 bridgehead atoms. The van der Waals surface area contributed by atoms with Crippen LogP contribution in [0, 0.1) is 12.8 Å². The van der Waals surface area contributed by atoms with Crippen LogP contribution in [-0.4, -0.2) is 24.0 Å². The van der Waals surface area contributed by atoms with Crippen LogP contribution in [0.15, 0.2) is 11.4 Å². The van der Waals surface area contributed by atoms with E-state index in [0.717, 1.165) is 19.6 Å². The maximum absolute atomic E-state index is 6.00. The van der Waals surface area contributed by atoms with Crippen molar-refractivity contribution in [3.63, 3.8) is 0 Å². The second-order valence-corrected chi connectivity index (χ2v) is 5.36. The molecule has 1 aromatic heterocycles. The second-order valence-electron chi connectivity index (χ2n) is 4.36. The SMILES string of the molecule is Cc1ccsc1CN1CC(C)C(N)C1.Cl. The van der Waals surface area contributed by atoms with E-state index in [0.29, 0.717) is 12.0 Å². The van der Waals surface area contributed by atoms with Crippen LogP contribution in [0.1, 0.15) is 17.4 Å². The number of hydrogen-bond donors (Lipinski definition) is 1. The third-order valence-corrected chi connectivity index (χ3v) is 4.09. The summed E-state index contributed by atoms with van der Waals surface area (Å²) in [5.41, 5.74) is 7.42. The van der Waals surface area contributed by atoms with E-state index in [-0.39, 0.29) is 12.4 Å². The fraction of sp³-hybridized carbons (Fsp3) is 0.636. The topological polar surface area (TPSA) is 29.3 Å². The van der Waals surface area contributed by atoms with Gasteiger partial charge in [0.05, 0.1) is 0 Å². The van der Waals surface area contributed by atoms with Gasteiger partial charge >= 0.3 is 0 Å². The first-order valence-electron chi connectivity index (χ1n) is 5.17. The Morgan fingerprint density at radius 3 is 2.73 bits per heavy atom. The van der Waals surface area contributed by atoms with E-state index in [9.17, 15) is 0 Å². The largest absolute Gasteiger partial charge is 0.326 e. The molecule has 1 aliphatic heterocycles. The molecule has 2 atom stereocenters. The summed E-state index contributed by atoms with van der Waals surface area (Å²) < 4.78 is 0. The summed E-state index contributed by atoms with van der Waals surface area (Å²) in [4.78, 5) is 3.96. The predicted molar refractivity (Wildman–Crippen MR) is 68.7 cm³/mol. The van der Waals surface area contributed by atoms with Gasteiger partial charge in [-0.3, -0.25) is 4.90 Å². The molecule has 1 aliphatic rings. The minimum Gasteiger partial charge on any atom is -0.326 e. The number of nitrogens with zero attached hydrogens (tertiary/aromatic N) is 1. The van der Waals surface area contributed by atoms with Crippen molar-refractivity contribution in [3.8, 4) is 0 Å². The van der Waals surface area contributed by atoms with E-state index in [2.05, 4.69) is 30.2 Å². The van der Waals surface area contributed by atoms with Crippen LogP contribution in [0.3, 0.4) is 0 Å². The first-order valence-corrected chi connectivity index (χ1v) is 6.05. The Balaban J connectivity index is 0.00000112. The van der Waals surface area contributed by atoms with E-state index >= 15 is 0 Å². The van der Waals surface area contributed by atoms with Crippen LogP contribution in [0.2, 0.25) is 0 Å². The summed E-state index contributed by atoms with van der Waals surface area (Å²) in [6.07, 6.45) is 0. The van der Waals surface area contributed by atoms with Gasteiger partial charge in [-0.1, -0.05) is 6.92 Å². The van der Waals surface area contributed by atoms with E-state index in [1.165, 1.54) is 10.4 Å². The number of hydrogen-bond acceptors (Lipinski definition) is 3. The van der Waals surface area contributed by atoms with Crippen LogP contribution in [0.25, 0.3) is 0 Å². The van der Waals surface area contributed by atoms with Crippen LogP contribution in [-0.2, 0) is 6.54 Å². The average Bonchev–Trinajstić information content (AvgIpc) is 2.63. The third-order valence-electron chi connectivity index (χ3n) is 3.08. The lowest BCUT2D eigenvalue weighted by Gasteiger charge is -2.14. The first-order chi connectivity index (χ1) is 6.66. The predicted octanol–water partition coefficient (Wildman–Crippen LogP) is 2.26. The van der Waals surface area contributed by atoms with Gasteiger partial charge in [0.1, 0.15) is 0 Å². The zero-order chi connectivity index (χ0) is 10.1. The van der Waals surface area contributed by atoms with Crippen molar-refractivity contribution in [2.75, 3.05) is 13.1 Å². The van der Waals surface area contributed by atoms with Crippen LogP contribution in [0.5, 0.6) is 0 Å². The highest BCUT2D eigenvalue weighted by Crippen LogP contribution is 2.22. The molecular weight excluding hydrogens is 228 g/mol. The molecule has 2 unspecified atom stereocenters. The smallest absolute Gasteiger partial charge is 0.0331 e. The van der Waals surface area contributed by atoms with Crippen molar-refractivity contribution < 1.29 is 0 Å². The molecule has 1 fully saturated rings. The number of rotatable bonds is 2. The van der Waals surface area contributed by atoms with Crippen molar-refractivity contribution in [3.05, 3.63) is 21.9 Å². The normalized spacial score (nSPS) is 26.6. The summed E-state index contributed by atoms with van der Waals surface area (Å²) >= 11 is 1.86. The highest BCUT2D eigenvalue weighted by molar-refractivity contribution is 7.10. The van der Waals surface area contributed by atoms with Gasteiger partial charge in [-0.2, -0.15) is 0 Å². The summed E-state index contributed by atoms with van der Waals surface area (Å²) in [5.74, 6) is 0.648. The van der Waals surface area contributed by atoms with Crippen molar-refractivity contribution >= 4 is 23.7 Å². The van der Waals surface area contributed by atoms with Gasteiger partial charge in [0.2, 0.25) is 0 Å². The van der Waals surface area contributed by atoms with Crippen molar-refractivity contribution in [2.45, 2.75) is 26.4 Å². The minimum absolute atomic E-state index is 0. The molecule has 0 aromatic carbocycles. The average molecular weight is 247 g/mol. The number of nitrogens with two attached hydrogens (primary N) is 1. The van der Waals surface area contributed by atoms with Crippen LogP contribution in [0.4, 0.5) is 0 Å². The Morgan fingerprint density at radius 2 is 2.27 bits per heavy atom. The van der Waals surface area contributed by atoms with Gasteiger partial charge in [-0.15, -0.1) is 23.7 Å². The Hall–Kier alpha value is -0.0900. The maximum Gasteiger partial charge on any atom is 0.0331 e. The molecule has 4 heteroatoms. The first kappa shape index (κ1) is 13.0. The molecule has 2 heterocycles. The lowest BCUT2D eigenvalue weighted by atomic mass is 10.1. The van der Waals surface area contributed by atoms with Gasteiger partial charge in [0.25, 0.3) is 0 Å². The minimum atomic E-state index is 0. The van der Waals surface area contributed by atoms with Gasteiger partial charge in [-0.05, 0) is 29.9 Å². The summed E-state index contributed by atoms with van der Waals surface area (Å²) in [6, 6.07) is 2.56. The van der Waals surface area contributed by atoms with E-state index < -0.39 is 0 Å². The Bertz CT molecular complexity index is 303. The molecule has 2 rings (SSSR count). The number of aryl methyl sites for hydroxylation is 1. The van der Waals surface area contributed by atoms with E-state index in [1.807, 2.05) is 11.3 Å². The zero-order valence-corrected chi connectivity index (χ0v) is 10.9. The fourth-order valence-electron chi connectivity index (χ4n) is 1.99. The summed E-state index contributed by atoms with van der Waals surface area (Å²) in [5, 5.41) is 2.17. The van der Waals surface area contributed by atoms with Crippen molar-refractivity contribution in [1.29, 1.82) is 0 Å². The van der Waals surface area contributed by atoms with Gasteiger partial charge in [0, 0.05) is 30.6 Å². The Morgan fingerprint density at radius 1 is 1.53 bits per heavy atom. The third kappa shape index (κ3) is 2.94. The maximum atomic E-state index is 6.00. The van der Waals surface area contributed by atoms with Gasteiger partial charge < -0.3 is 5.73 Å². The molecule has 2 N–H and O–H groups in total. The van der Waals surface area contributed by atoms with E-state index in [1.54, 1.807) is 0 Å². The second kappa shape index (κ2) is 5.30. The molecule has 0 spiro atoms. The standard InChI is InChI=1S/C11H18N2S.ClH/c1-8-3-4-14-11(8)7-13-5-9(2)10(12)6-13;/h3-4,9-10H,5-7,12H2,1-2H3;1H. The van der Waals surface area contributed by atoms with Gasteiger partial charge in [0.15, 0.2) is 0 Å². The highest BCUT2D eigenvalue weighted by Gasteiger charge is 2.26. The Kier molecular flexibility index (Phi) is 4.59. The van der Waals surface area contributed by atoms with Crippen LogP contribution < -0.4 is 5.73 Å². The molecule has 86 valence electrons. The van der Waals surface area contributed by atoms with Crippen molar-refractivity contribution in [1.82, 2.24) is 4.90 Å². The molecule has 0 saturated carbocycles. The molecular formula is C11H19ClN2S. The molecule has 0 aliphatic carbocycles. The van der Waals surface area contributed by atoms with E-state index in [4.69, 9.17) is 5.73 Å². The summed E-state index contributed by atoms with van der Waals surface area (Å²) in [6.45, 7) is 7.72.